The molecule has 9 heteroatoms. The average Bonchev–Trinajstić information content (AvgIpc) is 2.89. The second kappa shape index (κ2) is 4.72. The van der Waals surface area contributed by atoms with E-state index in [1.54, 1.807) is 10.8 Å². The molecule has 0 atom stereocenters. The minimum absolute atomic E-state index is 0.105. The third-order valence-corrected chi connectivity index (χ3v) is 6.09. The number of nitrogens with one attached hydrogen (secondary N) is 1. The van der Waals surface area contributed by atoms with Gasteiger partial charge in [0.05, 0.1) is 0 Å². The number of rotatable bonds is 5. The van der Waals surface area contributed by atoms with Gasteiger partial charge in [-0.1, -0.05) is 0 Å². The number of hydrogen-bond acceptors (Lipinski definition) is 4. The second-order valence-electron chi connectivity index (χ2n) is 4.44. The van der Waals surface area contributed by atoms with Crippen molar-refractivity contribution in [1.82, 2.24) is 4.72 Å². The highest BCUT2D eigenvalue weighted by Crippen LogP contribution is 2.49. The summed E-state index contributed by atoms with van der Waals surface area (Å²) in [7, 11) is -4.13. The highest BCUT2D eigenvalue weighted by molar-refractivity contribution is 7.91. The lowest BCUT2D eigenvalue weighted by atomic mass is 10.3. The van der Waals surface area contributed by atoms with E-state index in [0.29, 0.717) is 13.0 Å². The zero-order valence-corrected chi connectivity index (χ0v) is 11.5. The Hall–Kier alpha value is -0.640. The largest absolute Gasteiger partial charge is 0.407 e. The Morgan fingerprint density at radius 1 is 1.37 bits per heavy atom. The second-order valence-corrected chi connectivity index (χ2v) is 7.52. The van der Waals surface area contributed by atoms with Gasteiger partial charge in [0.15, 0.2) is 0 Å². The van der Waals surface area contributed by atoms with Crippen LogP contribution in [0.25, 0.3) is 0 Å². The molecule has 0 radical (unpaired) electrons. The van der Waals surface area contributed by atoms with Gasteiger partial charge in [0, 0.05) is 4.88 Å². The first kappa shape index (κ1) is 14.8. The van der Waals surface area contributed by atoms with Crippen LogP contribution in [0.5, 0.6) is 0 Å². The lowest BCUT2D eigenvalue weighted by Crippen LogP contribution is -2.47. The lowest BCUT2D eigenvalue weighted by Gasteiger charge is -2.19. The molecule has 1 heterocycles. The van der Waals surface area contributed by atoms with Crippen molar-refractivity contribution in [1.29, 1.82) is 0 Å². The first-order valence-electron chi connectivity index (χ1n) is 5.60. The van der Waals surface area contributed by atoms with E-state index in [4.69, 9.17) is 5.73 Å². The maximum atomic E-state index is 12.7. The summed E-state index contributed by atoms with van der Waals surface area (Å²) in [6.45, 7) is 0.361. The molecule has 0 spiro atoms. The van der Waals surface area contributed by atoms with Crippen molar-refractivity contribution in [3.05, 3.63) is 17.0 Å². The third-order valence-electron chi connectivity index (χ3n) is 2.91. The van der Waals surface area contributed by atoms with Crippen LogP contribution in [0.4, 0.5) is 13.2 Å². The summed E-state index contributed by atoms with van der Waals surface area (Å²) < 4.78 is 63.7. The topological polar surface area (TPSA) is 72.2 Å². The highest BCUT2D eigenvalue weighted by atomic mass is 32.2. The van der Waals surface area contributed by atoms with Crippen molar-refractivity contribution < 1.29 is 21.6 Å². The summed E-state index contributed by atoms with van der Waals surface area (Å²) >= 11 is 0.946. The van der Waals surface area contributed by atoms with Crippen molar-refractivity contribution in [2.75, 3.05) is 6.54 Å². The molecule has 1 aromatic rings. The van der Waals surface area contributed by atoms with Gasteiger partial charge in [0.2, 0.25) is 0 Å². The molecule has 108 valence electrons. The van der Waals surface area contributed by atoms with Crippen LogP contribution in [0.1, 0.15) is 17.7 Å². The van der Waals surface area contributed by atoms with Gasteiger partial charge in [-0.15, -0.1) is 11.3 Å². The Balaban J connectivity index is 2.19. The van der Waals surface area contributed by atoms with E-state index < -0.39 is 21.7 Å². The molecule has 1 aromatic heterocycles. The molecule has 1 saturated carbocycles. The smallest absolute Gasteiger partial charge is 0.330 e. The molecule has 3 N–H and O–H groups in total. The normalized spacial score (nSPS) is 18.5. The SMILES string of the molecule is NCCc1ccc(S(=O)(=O)NC2(C(F)(F)F)CC2)s1. The van der Waals surface area contributed by atoms with Gasteiger partial charge in [-0.2, -0.15) is 17.9 Å². The molecule has 19 heavy (non-hydrogen) atoms. The first-order valence-corrected chi connectivity index (χ1v) is 7.90. The van der Waals surface area contributed by atoms with Crippen molar-refractivity contribution in [3.8, 4) is 0 Å². The summed E-state index contributed by atoms with van der Waals surface area (Å²) in [5.74, 6) is 0. The van der Waals surface area contributed by atoms with Crippen LogP contribution in [0.3, 0.4) is 0 Å². The van der Waals surface area contributed by atoms with E-state index in [2.05, 4.69) is 0 Å². The van der Waals surface area contributed by atoms with E-state index in [1.165, 1.54) is 6.07 Å². The highest BCUT2D eigenvalue weighted by Gasteiger charge is 2.65. The van der Waals surface area contributed by atoms with Crippen molar-refractivity contribution >= 4 is 21.4 Å². The van der Waals surface area contributed by atoms with Crippen LogP contribution >= 0.6 is 11.3 Å². The number of thiophene rings is 1. The van der Waals surface area contributed by atoms with Gasteiger partial charge < -0.3 is 5.73 Å². The predicted octanol–water partition coefficient (Wildman–Crippen LogP) is 1.62. The molecular weight excluding hydrogens is 301 g/mol. The Bertz CT molecular complexity index is 562. The van der Waals surface area contributed by atoms with E-state index in [-0.39, 0.29) is 17.1 Å². The molecule has 1 fully saturated rings. The minimum Gasteiger partial charge on any atom is -0.330 e. The zero-order chi connectivity index (χ0) is 14.3. The van der Waals surface area contributed by atoms with Crippen molar-refractivity contribution in [2.45, 2.75) is 35.2 Å². The zero-order valence-electron chi connectivity index (χ0n) is 9.83. The minimum atomic E-state index is -4.56. The van der Waals surface area contributed by atoms with Gasteiger partial charge in [0.1, 0.15) is 9.75 Å². The summed E-state index contributed by atoms with van der Waals surface area (Å²) in [5, 5.41) is 0. The van der Waals surface area contributed by atoms with Crippen molar-refractivity contribution in [2.24, 2.45) is 5.73 Å². The number of sulfonamides is 1. The molecule has 0 amide bonds. The predicted molar refractivity (Wildman–Crippen MR) is 65.4 cm³/mol. The number of nitrogens with two attached hydrogens (primary N) is 1. The van der Waals surface area contributed by atoms with Crippen LogP contribution in [0.15, 0.2) is 16.3 Å². The fraction of sp³-hybridized carbons (Fsp3) is 0.600. The van der Waals surface area contributed by atoms with Gasteiger partial charge in [0.25, 0.3) is 10.0 Å². The standard InChI is InChI=1S/C10H13F3N2O2S2/c11-10(12,13)9(4-5-9)15-19(16,17)8-2-1-7(18-8)3-6-14/h1-2,15H,3-6,14H2. The monoisotopic (exact) mass is 314 g/mol. The number of hydrogen-bond donors (Lipinski definition) is 2. The summed E-state index contributed by atoms with van der Waals surface area (Å²) in [6.07, 6.45) is -4.48. The lowest BCUT2D eigenvalue weighted by molar-refractivity contribution is -0.160. The van der Waals surface area contributed by atoms with E-state index in [0.717, 1.165) is 16.2 Å². The van der Waals surface area contributed by atoms with E-state index >= 15 is 0 Å². The molecule has 1 aliphatic rings. The van der Waals surface area contributed by atoms with Gasteiger partial charge in [-0.05, 0) is 37.9 Å². The van der Waals surface area contributed by atoms with Gasteiger partial charge >= 0.3 is 6.18 Å². The number of halogens is 3. The molecule has 0 bridgehead atoms. The Morgan fingerprint density at radius 2 is 2.00 bits per heavy atom. The molecule has 0 unspecified atom stereocenters. The van der Waals surface area contributed by atoms with Crippen LogP contribution in [-0.4, -0.2) is 26.7 Å². The average molecular weight is 314 g/mol. The summed E-state index contributed by atoms with van der Waals surface area (Å²) in [4.78, 5) is 0.736. The van der Waals surface area contributed by atoms with Crippen LogP contribution in [0, 0.1) is 0 Å². The molecular formula is C10H13F3N2O2S2. The molecule has 0 aliphatic heterocycles. The van der Waals surface area contributed by atoms with Gasteiger partial charge in [-0.25, -0.2) is 8.42 Å². The molecule has 0 aromatic carbocycles. The van der Waals surface area contributed by atoms with E-state index in [1.807, 2.05) is 0 Å². The fourth-order valence-electron chi connectivity index (χ4n) is 1.66. The number of alkyl halides is 3. The molecule has 4 nitrogen and oxygen atoms in total. The third kappa shape index (κ3) is 2.93. The summed E-state index contributed by atoms with van der Waals surface area (Å²) in [6, 6.07) is 2.88. The quantitative estimate of drug-likeness (QED) is 0.867. The van der Waals surface area contributed by atoms with Gasteiger partial charge in [-0.3, -0.25) is 0 Å². The maximum Gasteiger partial charge on any atom is 0.407 e. The first-order chi connectivity index (χ1) is 8.70. The van der Waals surface area contributed by atoms with Crippen molar-refractivity contribution in [3.63, 3.8) is 0 Å². The Kier molecular flexibility index (Phi) is 3.67. The maximum absolute atomic E-state index is 12.7. The Morgan fingerprint density at radius 3 is 2.47 bits per heavy atom. The molecule has 2 rings (SSSR count). The Labute approximate surface area is 112 Å². The van der Waals surface area contributed by atoms with Crippen LogP contribution in [0.2, 0.25) is 0 Å². The molecule has 0 saturated heterocycles. The summed E-state index contributed by atoms with van der Waals surface area (Å²) in [5.41, 5.74) is 3.07. The van der Waals surface area contributed by atoms with E-state index in [9.17, 15) is 21.6 Å². The fourth-order valence-corrected chi connectivity index (χ4v) is 4.47. The molecule has 1 aliphatic carbocycles. The van der Waals surface area contributed by atoms with Crippen LogP contribution < -0.4 is 10.5 Å². The van der Waals surface area contributed by atoms with Crippen LogP contribution in [-0.2, 0) is 16.4 Å².